The molecule has 0 saturated heterocycles. The lowest BCUT2D eigenvalue weighted by Crippen LogP contribution is -2.05. The van der Waals surface area contributed by atoms with Gasteiger partial charge in [0.15, 0.2) is 0 Å². The highest BCUT2D eigenvalue weighted by Gasteiger charge is 1.89. The van der Waals surface area contributed by atoms with Crippen LogP contribution in [0.4, 0.5) is 0 Å². The second-order valence-electron chi connectivity index (χ2n) is 1.55. The van der Waals surface area contributed by atoms with Gasteiger partial charge in [-0.3, -0.25) is 9.78 Å². The van der Waals surface area contributed by atoms with Crippen LogP contribution in [0.2, 0.25) is 0 Å². The lowest BCUT2D eigenvalue weighted by Gasteiger charge is -1.92. The summed E-state index contributed by atoms with van der Waals surface area (Å²) in [6.07, 6.45) is -4.33. The third-order valence-electron chi connectivity index (χ3n) is 0.863. The molecule has 0 aliphatic carbocycles. The van der Waals surface area contributed by atoms with Crippen LogP contribution in [0.1, 0.15) is 28.5 Å². The summed E-state index contributed by atoms with van der Waals surface area (Å²) in [6, 6.07) is 0. The van der Waals surface area contributed by atoms with Gasteiger partial charge in [0.05, 0.1) is 11.9 Å². The molecule has 54 valence electrons. The Bertz CT molecular complexity index is 444. The van der Waals surface area contributed by atoms with Gasteiger partial charge in [0.2, 0.25) is 0 Å². The molecule has 1 rings (SSSR count). The fraction of sp³-hybridized carbons (Fsp3) is 0.429. The van der Waals surface area contributed by atoms with Crippen LogP contribution in [0, 0.1) is 0 Å². The van der Waals surface area contributed by atoms with E-state index in [0.717, 1.165) is 12.4 Å². The maximum Gasteiger partial charge on any atom is 0.266 e. The first-order chi connectivity index (χ1) is 7.50. The van der Waals surface area contributed by atoms with E-state index in [9.17, 15) is 4.79 Å². The minimum Gasteiger partial charge on any atom is -0.326 e. The Morgan fingerprint density at radius 1 is 2.00 bits per heavy atom. The molecule has 1 aromatic rings. The van der Waals surface area contributed by atoms with E-state index in [4.69, 9.17) is 9.60 Å². The van der Waals surface area contributed by atoms with E-state index in [0.29, 0.717) is 0 Å². The van der Waals surface area contributed by atoms with Crippen LogP contribution >= 0.6 is 0 Å². The molecule has 0 aromatic carbocycles. The second-order valence-corrected chi connectivity index (χ2v) is 1.55. The van der Waals surface area contributed by atoms with Crippen molar-refractivity contribution in [2.24, 2.45) is 0 Å². The van der Waals surface area contributed by atoms with E-state index >= 15 is 0 Å². The maximum absolute atomic E-state index is 10.7. The average Bonchev–Trinajstić information content (AvgIpc) is 2.16. The Morgan fingerprint density at radius 2 is 2.90 bits per heavy atom. The SMILES string of the molecule is [2H]C([2H])([2H])C([2H])([2H])C([2H])([2H])c1c[nH]c(=O)cn1. The first-order valence-corrected chi connectivity index (χ1v) is 2.55. The van der Waals surface area contributed by atoms with Crippen molar-refractivity contribution in [3.05, 3.63) is 28.4 Å². The first-order valence-electron chi connectivity index (χ1n) is 6.05. The first kappa shape index (κ1) is 2.19. The summed E-state index contributed by atoms with van der Waals surface area (Å²) in [5.41, 5.74) is -1.06. The predicted octanol–water partition coefficient (Wildman–Crippen LogP) is 0.722. The van der Waals surface area contributed by atoms with Crippen molar-refractivity contribution in [3.63, 3.8) is 0 Å². The number of nitrogens with one attached hydrogen (secondary N) is 1. The summed E-state index contributed by atoms with van der Waals surface area (Å²) >= 11 is 0. The average molecular weight is 145 g/mol. The molecular formula is C7H10N2O. The molecule has 0 atom stereocenters. The molecule has 1 heterocycles. The van der Waals surface area contributed by atoms with E-state index < -0.39 is 30.9 Å². The van der Waals surface area contributed by atoms with Crippen molar-refractivity contribution in [1.29, 1.82) is 0 Å². The van der Waals surface area contributed by atoms with Gasteiger partial charge in [-0.15, -0.1) is 0 Å². The number of aromatic nitrogens is 2. The zero-order valence-corrected chi connectivity index (χ0v) is 5.01. The van der Waals surface area contributed by atoms with Gasteiger partial charge in [-0.25, -0.2) is 0 Å². The van der Waals surface area contributed by atoms with Gasteiger partial charge in [-0.05, 0) is 6.37 Å². The number of hydrogen-bond acceptors (Lipinski definition) is 2. The van der Waals surface area contributed by atoms with Crippen LogP contribution in [0.25, 0.3) is 0 Å². The highest BCUT2D eigenvalue weighted by atomic mass is 16.1. The Balaban J connectivity index is 3.28. The Morgan fingerprint density at radius 3 is 3.50 bits per heavy atom. The van der Waals surface area contributed by atoms with Crippen molar-refractivity contribution in [1.82, 2.24) is 9.97 Å². The van der Waals surface area contributed by atoms with Gasteiger partial charge in [0.25, 0.3) is 5.56 Å². The summed E-state index contributed by atoms with van der Waals surface area (Å²) in [4.78, 5) is 16.3. The van der Waals surface area contributed by atoms with Crippen LogP contribution in [0.5, 0.6) is 0 Å². The van der Waals surface area contributed by atoms with Gasteiger partial charge in [-0.1, -0.05) is 13.2 Å². The predicted molar refractivity (Wildman–Crippen MR) is 38.9 cm³/mol. The minimum atomic E-state index is -3.14. The van der Waals surface area contributed by atoms with Crippen molar-refractivity contribution in [2.45, 2.75) is 19.6 Å². The lowest BCUT2D eigenvalue weighted by atomic mass is 10.3. The molecule has 0 bridgehead atoms. The van der Waals surface area contributed by atoms with Crippen LogP contribution in [-0.2, 0) is 6.37 Å². The molecule has 0 unspecified atom stereocenters. The molecule has 3 nitrogen and oxygen atoms in total. The quantitative estimate of drug-likeness (QED) is 0.666. The Kier molecular flexibility index (Phi) is 0.689. The number of rotatable bonds is 2. The molecule has 1 aromatic heterocycles. The van der Waals surface area contributed by atoms with E-state index in [1.165, 1.54) is 0 Å². The highest BCUT2D eigenvalue weighted by Crippen LogP contribution is 1.91. The van der Waals surface area contributed by atoms with Crippen molar-refractivity contribution >= 4 is 0 Å². The third kappa shape index (κ3) is 1.69. The van der Waals surface area contributed by atoms with E-state index in [1.807, 2.05) is 0 Å². The minimum absolute atomic E-state index is 0.474. The van der Waals surface area contributed by atoms with Gasteiger partial charge in [-0.2, -0.15) is 0 Å². The summed E-state index contributed by atoms with van der Waals surface area (Å²) in [5.74, 6) is 0. The Labute approximate surface area is 69.0 Å². The topological polar surface area (TPSA) is 45.8 Å². The van der Waals surface area contributed by atoms with Crippen molar-refractivity contribution < 1.29 is 9.60 Å². The third-order valence-corrected chi connectivity index (χ3v) is 0.863. The number of aryl methyl sites for hydroxylation is 1. The highest BCUT2D eigenvalue weighted by molar-refractivity contribution is 4.94. The van der Waals surface area contributed by atoms with Gasteiger partial charge < -0.3 is 4.98 Å². The zero-order valence-electron chi connectivity index (χ0n) is 12.0. The van der Waals surface area contributed by atoms with E-state index in [1.54, 1.807) is 0 Å². The largest absolute Gasteiger partial charge is 0.326 e. The smallest absolute Gasteiger partial charge is 0.266 e. The van der Waals surface area contributed by atoms with Crippen LogP contribution in [-0.4, -0.2) is 9.97 Å². The monoisotopic (exact) mass is 145 g/mol. The molecule has 0 saturated carbocycles. The molecule has 3 heteroatoms. The summed E-state index contributed by atoms with van der Waals surface area (Å²) < 4.78 is 50.8. The summed E-state index contributed by atoms with van der Waals surface area (Å²) in [7, 11) is 0. The molecule has 10 heavy (non-hydrogen) atoms. The van der Waals surface area contributed by atoms with Crippen LogP contribution in [0.3, 0.4) is 0 Å². The Hall–Kier alpha value is -1.12. The number of nitrogens with zero attached hydrogens (tertiary/aromatic N) is 1. The van der Waals surface area contributed by atoms with Gasteiger partial charge in [0, 0.05) is 15.8 Å². The molecule has 0 amide bonds. The van der Waals surface area contributed by atoms with Gasteiger partial charge >= 0.3 is 0 Å². The fourth-order valence-electron chi connectivity index (χ4n) is 0.475. The lowest BCUT2D eigenvalue weighted by molar-refractivity contribution is 0.865. The van der Waals surface area contributed by atoms with Crippen LogP contribution in [0.15, 0.2) is 17.2 Å². The standard InChI is InChI=1S/C7H10N2O/c1-2-3-6-4-9-7(10)5-8-6/h4-5H,2-3H2,1H3,(H,9,10)/i1D3,2D2,3D2. The molecule has 0 aliphatic heterocycles. The maximum atomic E-state index is 10.7. The molecule has 0 aliphatic rings. The molecule has 1 N–H and O–H groups in total. The molecule has 0 fully saturated rings. The van der Waals surface area contributed by atoms with Gasteiger partial charge in [0.1, 0.15) is 0 Å². The second kappa shape index (κ2) is 3.15. The van der Waals surface area contributed by atoms with E-state index in [2.05, 4.69) is 9.97 Å². The summed E-state index contributed by atoms with van der Waals surface area (Å²) in [6.45, 7) is -3.14. The normalized spacial score (nSPS) is 24.2. The zero-order chi connectivity index (χ0) is 13.5. The van der Waals surface area contributed by atoms with Crippen molar-refractivity contribution in [2.75, 3.05) is 0 Å². The molecular weight excluding hydrogens is 128 g/mol. The fourth-order valence-corrected chi connectivity index (χ4v) is 0.475. The number of aromatic amines is 1. The molecule has 0 spiro atoms. The van der Waals surface area contributed by atoms with Crippen molar-refractivity contribution in [3.8, 4) is 0 Å². The molecule has 0 radical (unpaired) electrons. The van der Waals surface area contributed by atoms with E-state index in [-0.39, 0.29) is 0 Å². The summed E-state index contributed by atoms with van der Waals surface area (Å²) in [5, 5.41) is 0. The van der Waals surface area contributed by atoms with Crippen LogP contribution < -0.4 is 5.56 Å². The number of H-pyrrole nitrogens is 1. The number of hydrogen-bond donors (Lipinski definition) is 1.